The molecule has 132 valence electrons. The van der Waals surface area contributed by atoms with Crippen LogP contribution in [-0.2, 0) is 16.1 Å². The first-order valence-corrected chi connectivity index (χ1v) is 8.03. The Bertz CT molecular complexity index is 750. The molecule has 3 amide bonds. The molecule has 1 aromatic rings. The SMILES string of the molecule is C=C/C(OC)=C(\C=C/CC)C(=O)Nc1ccc2c(c1)CN(C)C(=O)N2. The maximum atomic E-state index is 12.6. The van der Waals surface area contributed by atoms with Gasteiger partial charge in [0, 0.05) is 25.0 Å². The van der Waals surface area contributed by atoms with Crippen molar-refractivity contribution >= 4 is 23.3 Å². The molecule has 2 rings (SSSR count). The third-order valence-corrected chi connectivity index (χ3v) is 3.79. The lowest BCUT2D eigenvalue weighted by molar-refractivity contribution is -0.112. The van der Waals surface area contributed by atoms with Crippen LogP contribution in [0.4, 0.5) is 16.2 Å². The van der Waals surface area contributed by atoms with Gasteiger partial charge in [-0.25, -0.2) is 4.79 Å². The van der Waals surface area contributed by atoms with Crippen molar-refractivity contribution in [3.8, 4) is 0 Å². The van der Waals surface area contributed by atoms with E-state index < -0.39 is 0 Å². The van der Waals surface area contributed by atoms with Crippen LogP contribution in [-0.4, -0.2) is 31.0 Å². The molecular formula is C19H23N3O3. The van der Waals surface area contributed by atoms with E-state index in [-0.39, 0.29) is 11.9 Å². The molecule has 0 bridgehead atoms. The number of urea groups is 1. The molecule has 0 fully saturated rings. The summed E-state index contributed by atoms with van der Waals surface area (Å²) in [7, 11) is 3.22. The summed E-state index contributed by atoms with van der Waals surface area (Å²) < 4.78 is 5.23. The van der Waals surface area contributed by atoms with Crippen LogP contribution in [0.2, 0.25) is 0 Å². The Hall–Kier alpha value is -3.02. The third-order valence-electron chi connectivity index (χ3n) is 3.79. The van der Waals surface area contributed by atoms with E-state index in [0.29, 0.717) is 23.6 Å². The fraction of sp³-hybridized carbons (Fsp3) is 0.263. The lowest BCUT2D eigenvalue weighted by Gasteiger charge is -2.26. The Labute approximate surface area is 147 Å². The van der Waals surface area contributed by atoms with Gasteiger partial charge in [0.2, 0.25) is 0 Å². The van der Waals surface area contributed by atoms with Crippen molar-refractivity contribution in [3.63, 3.8) is 0 Å². The first kappa shape index (κ1) is 18.3. The largest absolute Gasteiger partial charge is 0.496 e. The number of carbonyl (C=O) groups excluding carboxylic acids is 2. The Morgan fingerprint density at radius 2 is 2.24 bits per heavy atom. The maximum absolute atomic E-state index is 12.6. The van der Waals surface area contributed by atoms with Gasteiger partial charge in [-0.1, -0.05) is 19.6 Å². The fourth-order valence-corrected chi connectivity index (χ4v) is 2.47. The Morgan fingerprint density at radius 3 is 2.88 bits per heavy atom. The molecule has 1 aliphatic heterocycles. The molecule has 1 aliphatic rings. The van der Waals surface area contributed by atoms with Crippen molar-refractivity contribution < 1.29 is 14.3 Å². The molecule has 0 unspecified atom stereocenters. The first-order chi connectivity index (χ1) is 12.0. The van der Waals surface area contributed by atoms with Crippen molar-refractivity contribution in [2.24, 2.45) is 0 Å². The molecule has 6 nitrogen and oxygen atoms in total. The highest BCUT2D eigenvalue weighted by molar-refractivity contribution is 6.06. The van der Waals surface area contributed by atoms with Crippen molar-refractivity contribution in [1.29, 1.82) is 0 Å². The number of nitrogens with zero attached hydrogens (tertiary/aromatic N) is 1. The quantitative estimate of drug-likeness (QED) is 0.471. The summed E-state index contributed by atoms with van der Waals surface area (Å²) in [5.41, 5.74) is 2.74. The summed E-state index contributed by atoms with van der Waals surface area (Å²) >= 11 is 0. The highest BCUT2D eigenvalue weighted by atomic mass is 16.5. The fourth-order valence-electron chi connectivity index (χ4n) is 2.47. The summed E-state index contributed by atoms with van der Waals surface area (Å²) in [5, 5.41) is 5.67. The van der Waals surface area contributed by atoms with Crippen LogP contribution < -0.4 is 10.6 Å². The number of anilines is 2. The second-order valence-electron chi connectivity index (χ2n) is 5.61. The van der Waals surface area contributed by atoms with Crippen molar-refractivity contribution in [2.75, 3.05) is 24.8 Å². The number of amides is 3. The molecule has 0 spiro atoms. The van der Waals surface area contributed by atoms with Gasteiger partial charge in [-0.15, -0.1) is 0 Å². The molecule has 1 aromatic carbocycles. The third kappa shape index (κ3) is 4.29. The normalized spacial score (nSPS) is 14.5. The Morgan fingerprint density at radius 1 is 1.48 bits per heavy atom. The van der Waals surface area contributed by atoms with E-state index >= 15 is 0 Å². The van der Waals surface area contributed by atoms with E-state index in [1.54, 1.807) is 30.2 Å². The van der Waals surface area contributed by atoms with Crippen LogP contribution in [0, 0.1) is 0 Å². The van der Waals surface area contributed by atoms with Gasteiger partial charge in [0.25, 0.3) is 5.91 Å². The van der Waals surface area contributed by atoms with E-state index in [1.165, 1.54) is 13.2 Å². The topological polar surface area (TPSA) is 70.7 Å². The number of rotatable bonds is 6. The standard InChI is InChI=1S/C19H23N3O3/c1-5-7-8-15(17(6-2)25-4)18(23)20-14-9-10-16-13(11-14)12-22(3)19(24)21-16/h6-11H,2,5,12H2,1,3-4H3,(H,20,23)(H,21,24)/b8-7-,17-15-. The van der Waals surface area contributed by atoms with E-state index in [0.717, 1.165) is 17.7 Å². The molecule has 25 heavy (non-hydrogen) atoms. The van der Waals surface area contributed by atoms with Crippen LogP contribution in [0.15, 0.2) is 54.3 Å². The number of nitrogens with one attached hydrogen (secondary N) is 2. The number of hydrogen-bond donors (Lipinski definition) is 2. The minimum Gasteiger partial charge on any atom is -0.496 e. The molecule has 0 saturated heterocycles. The summed E-state index contributed by atoms with van der Waals surface area (Å²) in [6.07, 6.45) is 5.92. The molecule has 0 atom stereocenters. The first-order valence-electron chi connectivity index (χ1n) is 8.03. The van der Waals surface area contributed by atoms with E-state index in [4.69, 9.17) is 4.74 Å². The van der Waals surface area contributed by atoms with Gasteiger partial charge in [0.05, 0.1) is 12.7 Å². The monoisotopic (exact) mass is 341 g/mol. The zero-order valence-electron chi connectivity index (χ0n) is 14.8. The minimum atomic E-state index is -0.283. The van der Waals surface area contributed by atoms with Gasteiger partial charge >= 0.3 is 6.03 Å². The van der Waals surface area contributed by atoms with Gasteiger partial charge in [-0.3, -0.25) is 4.79 Å². The molecular weight excluding hydrogens is 318 g/mol. The zero-order valence-corrected chi connectivity index (χ0v) is 14.8. The van der Waals surface area contributed by atoms with Gasteiger partial charge in [0.15, 0.2) is 0 Å². The number of fused-ring (bicyclic) bond motifs is 1. The molecule has 6 heteroatoms. The Balaban J connectivity index is 2.26. The number of benzene rings is 1. The van der Waals surface area contributed by atoms with E-state index in [2.05, 4.69) is 17.2 Å². The second kappa shape index (κ2) is 8.19. The molecule has 1 heterocycles. The average molecular weight is 341 g/mol. The number of allylic oxidation sites excluding steroid dienone is 2. The van der Waals surface area contributed by atoms with Crippen LogP contribution in [0.3, 0.4) is 0 Å². The number of hydrogen-bond acceptors (Lipinski definition) is 3. The highest BCUT2D eigenvalue weighted by Crippen LogP contribution is 2.26. The maximum Gasteiger partial charge on any atom is 0.321 e. The van der Waals surface area contributed by atoms with Gasteiger partial charge in [-0.2, -0.15) is 0 Å². The lowest BCUT2D eigenvalue weighted by atomic mass is 10.1. The van der Waals surface area contributed by atoms with Gasteiger partial charge < -0.3 is 20.3 Å². The van der Waals surface area contributed by atoms with Crippen LogP contribution in [0.1, 0.15) is 18.9 Å². The average Bonchev–Trinajstić information content (AvgIpc) is 2.59. The van der Waals surface area contributed by atoms with Crippen LogP contribution in [0.5, 0.6) is 0 Å². The summed E-state index contributed by atoms with van der Waals surface area (Å²) in [4.78, 5) is 25.9. The van der Waals surface area contributed by atoms with Crippen LogP contribution in [0.25, 0.3) is 0 Å². The molecule has 0 aliphatic carbocycles. The van der Waals surface area contributed by atoms with Gasteiger partial charge in [0.1, 0.15) is 5.76 Å². The molecule has 0 radical (unpaired) electrons. The zero-order chi connectivity index (χ0) is 18.4. The van der Waals surface area contributed by atoms with Crippen molar-refractivity contribution in [1.82, 2.24) is 4.90 Å². The van der Waals surface area contributed by atoms with Crippen molar-refractivity contribution in [3.05, 3.63) is 59.9 Å². The smallest absolute Gasteiger partial charge is 0.321 e. The summed E-state index contributed by atoms with van der Waals surface area (Å²) in [5.74, 6) is 0.127. The molecule has 0 saturated carbocycles. The predicted octanol–water partition coefficient (Wildman–Crippen LogP) is 3.66. The van der Waals surface area contributed by atoms with Crippen molar-refractivity contribution in [2.45, 2.75) is 19.9 Å². The minimum absolute atomic E-state index is 0.144. The lowest BCUT2D eigenvalue weighted by Crippen LogP contribution is -2.35. The Kier molecular flexibility index (Phi) is 6.00. The van der Waals surface area contributed by atoms with E-state index in [9.17, 15) is 9.59 Å². The van der Waals surface area contributed by atoms with E-state index in [1.807, 2.05) is 19.1 Å². The number of methoxy groups -OCH3 is 1. The predicted molar refractivity (Wildman–Crippen MR) is 99.2 cm³/mol. The highest BCUT2D eigenvalue weighted by Gasteiger charge is 2.20. The summed E-state index contributed by atoms with van der Waals surface area (Å²) in [6.45, 7) is 6.15. The molecule has 0 aromatic heterocycles. The number of ether oxygens (including phenoxy) is 1. The van der Waals surface area contributed by atoms with Crippen LogP contribution >= 0.6 is 0 Å². The second-order valence-corrected chi connectivity index (χ2v) is 5.61. The number of carbonyl (C=O) groups is 2. The summed E-state index contributed by atoms with van der Waals surface area (Å²) in [6, 6.07) is 5.25. The van der Waals surface area contributed by atoms with Gasteiger partial charge in [-0.05, 0) is 42.3 Å². The molecule has 2 N–H and O–H groups in total.